The van der Waals surface area contributed by atoms with Crippen molar-refractivity contribution in [3.05, 3.63) is 65.2 Å². The number of aryl methyl sites for hydroxylation is 1. The molecular formula is C19H25N3O3S. The highest BCUT2D eigenvalue weighted by molar-refractivity contribution is 7.89. The predicted octanol–water partition coefficient (Wildman–Crippen LogP) is 1.81. The molecule has 1 atom stereocenters. The molecule has 0 saturated carbocycles. The molecule has 0 aliphatic carbocycles. The van der Waals surface area contributed by atoms with Crippen LogP contribution in [0.15, 0.2) is 53.4 Å². The summed E-state index contributed by atoms with van der Waals surface area (Å²) in [6.07, 6.45) is 0. The summed E-state index contributed by atoms with van der Waals surface area (Å²) in [7, 11) is -1.90. The summed E-state index contributed by atoms with van der Waals surface area (Å²) in [4.78, 5) is 12.5. The third kappa shape index (κ3) is 5.39. The zero-order chi connectivity index (χ0) is 19.2. The second-order valence-electron chi connectivity index (χ2n) is 6.19. The summed E-state index contributed by atoms with van der Waals surface area (Å²) in [6.45, 7) is 4.38. The molecule has 0 radical (unpaired) electrons. The van der Waals surface area contributed by atoms with Crippen molar-refractivity contribution >= 4 is 15.9 Å². The molecule has 2 aromatic carbocycles. The molecule has 0 heterocycles. The molecule has 7 heteroatoms. The van der Waals surface area contributed by atoms with Gasteiger partial charge in [0.05, 0.1) is 4.90 Å². The van der Waals surface area contributed by atoms with Crippen LogP contribution in [0, 0.1) is 6.92 Å². The van der Waals surface area contributed by atoms with Gasteiger partial charge >= 0.3 is 0 Å². The van der Waals surface area contributed by atoms with Crippen molar-refractivity contribution < 1.29 is 13.2 Å². The highest BCUT2D eigenvalue weighted by Crippen LogP contribution is 2.16. The average Bonchev–Trinajstić information content (AvgIpc) is 2.65. The number of hydrogen-bond acceptors (Lipinski definition) is 4. The SMILES string of the molecule is CNC(C)CNC(=O)c1cc(S(=O)(=O)NCc2ccccc2)ccc1C. The van der Waals surface area contributed by atoms with Crippen LogP contribution in [0.1, 0.15) is 28.4 Å². The summed E-state index contributed by atoms with van der Waals surface area (Å²) >= 11 is 0. The molecule has 0 saturated heterocycles. The lowest BCUT2D eigenvalue weighted by Crippen LogP contribution is -2.37. The molecule has 0 fully saturated rings. The van der Waals surface area contributed by atoms with Gasteiger partial charge < -0.3 is 10.6 Å². The van der Waals surface area contributed by atoms with E-state index in [1.165, 1.54) is 12.1 Å². The van der Waals surface area contributed by atoms with Gasteiger partial charge in [0.1, 0.15) is 0 Å². The number of amides is 1. The van der Waals surface area contributed by atoms with Crippen LogP contribution in [0.4, 0.5) is 0 Å². The Morgan fingerprint density at radius 1 is 1.12 bits per heavy atom. The van der Waals surface area contributed by atoms with Crippen LogP contribution in [0.2, 0.25) is 0 Å². The van der Waals surface area contributed by atoms with Gasteiger partial charge in [0.2, 0.25) is 10.0 Å². The fourth-order valence-electron chi connectivity index (χ4n) is 2.31. The van der Waals surface area contributed by atoms with E-state index in [9.17, 15) is 13.2 Å². The molecule has 0 aliphatic heterocycles. The molecule has 3 N–H and O–H groups in total. The van der Waals surface area contributed by atoms with Crippen LogP contribution in [-0.2, 0) is 16.6 Å². The second-order valence-corrected chi connectivity index (χ2v) is 7.95. The Kier molecular flexibility index (Phi) is 6.90. The minimum absolute atomic E-state index is 0.0749. The summed E-state index contributed by atoms with van der Waals surface area (Å²) in [5, 5.41) is 5.84. The van der Waals surface area contributed by atoms with Crippen molar-refractivity contribution in [2.75, 3.05) is 13.6 Å². The fraction of sp³-hybridized carbons (Fsp3) is 0.316. The Morgan fingerprint density at radius 3 is 2.46 bits per heavy atom. The third-order valence-electron chi connectivity index (χ3n) is 4.13. The normalized spacial score (nSPS) is 12.6. The number of hydrogen-bond donors (Lipinski definition) is 3. The lowest BCUT2D eigenvalue weighted by Gasteiger charge is -2.14. The Hall–Kier alpha value is -2.22. The maximum absolute atomic E-state index is 12.6. The fourth-order valence-corrected chi connectivity index (χ4v) is 3.36. The first-order valence-electron chi connectivity index (χ1n) is 8.43. The van der Waals surface area contributed by atoms with Gasteiger partial charge in [-0.15, -0.1) is 0 Å². The minimum atomic E-state index is -3.71. The average molecular weight is 375 g/mol. The highest BCUT2D eigenvalue weighted by Gasteiger charge is 2.18. The van der Waals surface area contributed by atoms with Crippen LogP contribution in [-0.4, -0.2) is 34.0 Å². The first kappa shape index (κ1) is 20.1. The van der Waals surface area contributed by atoms with Crippen LogP contribution in [0.5, 0.6) is 0 Å². The Morgan fingerprint density at radius 2 is 1.81 bits per heavy atom. The molecule has 0 bridgehead atoms. The number of benzene rings is 2. The van der Waals surface area contributed by atoms with Gasteiger partial charge in [-0.25, -0.2) is 13.1 Å². The lowest BCUT2D eigenvalue weighted by atomic mass is 10.1. The molecule has 26 heavy (non-hydrogen) atoms. The van der Waals surface area contributed by atoms with Gasteiger partial charge in [-0.3, -0.25) is 4.79 Å². The molecule has 2 rings (SSSR count). The molecule has 2 aromatic rings. The van der Waals surface area contributed by atoms with Crippen molar-refractivity contribution in [1.29, 1.82) is 0 Å². The second kappa shape index (κ2) is 8.93. The van der Waals surface area contributed by atoms with E-state index in [0.29, 0.717) is 12.1 Å². The Labute approximate surface area is 155 Å². The zero-order valence-corrected chi connectivity index (χ0v) is 16.1. The Balaban J connectivity index is 2.15. The van der Waals surface area contributed by atoms with Crippen LogP contribution < -0.4 is 15.4 Å². The quantitative estimate of drug-likeness (QED) is 0.657. The van der Waals surface area contributed by atoms with E-state index in [4.69, 9.17) is 0 Å². The van der Waals surface area contributed by atoms with E-state index < -0.39 is 10.0 Å². The van der Waals surface area contributed by atoms with E-state index in [0.717, 1.165) is 11.1 Å². The van der Waals surface area contributed by atoms with Crippen LogP contribution >= 0.6 is 0 Å². The van der Waals surface area contributed by atoms with Crippen molar-refractivity contribution in [2.45, 2.75) is 31.3 Å². The molecule has 0 aromatic heterocycles. The molecule has 1 amide bonds. The third-order valence-corrected chi connectivity index (χ3v) is 5.53. The summed E-state index contributed by atoms with van der Waals surface area (Å²) in [5.41, 5.74) is 1.94. The largest absolute Gasteiger partial charge is 0.350 e. The molecule has 0 aliphatic rings. The van der Waals surface area contributed by atoms with E-state index in [1.807, 2.05) is 44.3 Å². The van der Waals surface area contributed by atoms with E-state index in [-0.39, 0.29) is 23.4 Å². The molecule has 1 unspecified atom stereocenters. The van der Waals surface area contributed by atoms with Gasteiger partial charge in [0.15, 0.2) is 0 Å². The number of carbonyl (C=O) groups excluding carboxylic acids is 1. The van der Waals surface area contributed by atoms with Gasteiger partial charge in [-0.2, -0.15) is 0 Å². The van der Waals surface area contributed by atoms with Crippen molar-refractivity contribution in [3.8, 4) is 0 Å². The minimum Gasteiger partial charge on any atom is -0.350 e. The van der Waals surface area contributed by atoms with Gasteiger partial charge in [0.25, 0.3) is 5.91 Å². The lowest BCUT2D eigenvalue weighted by molar-refractivity contribution is 0.0949. The van der Waals surface area contributed by atoms with E-state index >= 15 is 0 Å². The van der Waals surface area contributed by atoms with E-state index in [2.05, 4.69) is 15.4 Å². The zero-order valence-electron chi connectivity index (χ0n) is 15.2. The Bertz CT molecular complexity index is 852. The number of carbonyl (C=O) groups is 1. The van der Waals surface area contributed by atoms with Gasteiger partial charge in [-0.1, -0.05) is 36.4 Å². The van der Waals surface area contributed by atoms with E-state index in [1.54, 1.807) is 13.0 Å². The monoisotopic (exact) mass is 375 g/mol. The molecule has 6 nitrogen and oxygen atoms in total. The molecule has 0 spiro atoms. The number of likely N-dealkylation sites (N-methyl/N-ethyl adjacent to an activating group) is 1. The summed E-state index contributed by atoms with van der Waals surface area (Å²) in [6, 6.07) is 14.0. The van der Waals surface area contributed by atoms with Crippen LogP contribution in [0.3, 0.4) is 0 Å². The molecule has 140 valence electrons. The standard InChI is InChI=1S/C19H25N3O3S/c1-14-9-10-17(11-18(14)19(23)21-12-15(2)20-3)26(24,25)22-13-16-7-5-4-6-8-16/h4-11,15,20,22H,12-13H2,1-3H3,(H,21,23). The molecular weight excluding hydrogens is 350 g/mol. The van der Waals surface area contributed by atoms with Gasteiger partial charge in [0, 0.05) is 24.7 Å². The number of rotatable bonds is 8. The first-order valence-corrected chi connectivity index (χ1v) is 9.91. The topological polar surface area (TPSA) is 87.3 Å². The number of sulfonamides is 1. The predicted molar refractivity (Wildman–Crippen MR) is 103 cm³/mol. The first-order chi connectivity index (χ1) is 12.3. The van der Waals surface area contributed by atoms with Crippen molar-refractivity contribution in [3.63, 3.8) is 0 Å². The number of nitrogens with one attached hydrogen (secondary N) is 3. The summed E-state index contributed by atoms with van der Waals surface area (Å²) < 4.78 is 27.7. The van der Waals surface area contributed by atoms with Gasteiger partial charge in [-0.05, 0) is 44.2 Å². The maximum Gasteiger partial charge on any atom is 0.251 e. The smallest absolute Gasteiger partial charge is 0.251 e. The highest BCUT2D eigenvalue weighted by atomic mass is 32.2. The summed E-state index contributed by atoms with van der Waals surface area (Å²) in [5.74, 6) is -0.287. The maximum atomic E-state index is 12.6. The van der Waals surface area contributed by atoms with Crippen molar-refractivity contribution in [2.24, 2.45) is 0 Å². The van der Waals surface area contributed by atoms with Crippen molar-refractivity contribution in [1.82, 2.24) is 15.4 Å². The van der Waals surface area contributed by atoms with Crippen LogP contribution in [0.25, 0.3) is 0 Å².